The van der Waals surface area contributed by atoms with Crippen molar-refractivity contribution in [2.24, 2.45) is 4.99 Å². The van der Waals surface area contributed by atoms with E-state index in [9.17, 15) is 5.11 Å². The van der Waals surface area contributed by atoms with E-state index in [1.807, 2.05) is 50.2 Å². The molecule has 3 heteroatoms. The van der Waals surface area contributed by atoms with Crippen molar-refractivity contribution in [3.63, 3.8) is 0 Å². The Hall–Kier alpha value is -2.29. The van der Waals surface area contributed by atoms with Crippen LogP contribution in [0, 0.1) is 13.8 Å². The van der Waals surface area contributed by atoms with Crippen LogP contribution in [0.1, 0.15) is 16.7 Å². The fourth-order valence-electron chi connectivity index (χ4n) is 1.90. The SMILES string of the molecule is COc1ccc(N=Cc2cc(C)cc(C)c2O)cc1. The summed E-state index contributed by atoms with van der Waals surface area (Å²) in [4.78, 5) is 4.35. The molecule has 0 atom stereocenters. The molecule has 0 heterocycles. The molecule has 2 aromatic carbocycles. The summed E-state index contributed by atoms with van der Waals surface area (Å²) < 4.78 is 5.09. The van der Waals surface area contributed by atoms with Gasteiger partial charge in [0.1, 0.15) is 11.5 Å². The van der Waals surface area contributed by atoms with E-state index in [1.54, 1.807) is 13.3 Å². The third kappa shape index (κ3) is 3.13. The molecule has 19 heavy (non-hydrogen) atoms. The lowest BCUT2D eigenvalue weighted by atomic mass is 10.1. The molecule has 3 nitrogen and oxygen atoms in total. The van der Waals surface area contributed by atoms with Crippen LogP contribution in [0.5, 0.6) is 11.5 Å². The van der Waals surface area contributed by atoms with Crippen molar-refractivity contribution in [2.45, 2.75) is 13.8 Å². The second kappa shape index (κ2) is 5.57. The average molecular weight is 255 g/mol. The zero-order valence-electron chi connectivity index (χ0n) is 11.3. The molecule has 0 radical (unpaired) electrons. The van der Waals surface area contributed by atoms with Gasteiger partial charge in [-0.1, -0.05) is 6.07 Å². The number of hydrogen-bond acceptors (Lipinski definition) is 3. The highest BCUT2D eigenvalue weighted by atomic mass is 16.5. The van der Waals surface area contributed by atoms with E-state index >= 15 is 0 Å². The normalized spacial score (nSPS) is 10.9. The smallest absolute Gasteiger partial charge is 0.127 e. The highest BCUT2D eigenvalue weighted by molar-refractivity contribution is 5.86. The lowest BCUT2D eigenvalue weighted by molar-refractivity contribution is 0.415. The molecule has 0 fully saturated rings. The van der Waals surface area contributed by atoms with E-state index in [0.29, 0.717) is 0 Å². The predicted octanol–water partition coefficient (Wildman–Crippen LogP) is 3.77. The first-order valence-corrected chi connectivity index (χ1v) is 6.08. The zero-order valence-corrected chi connectivity index (χ0v) is 11.3. The third-order valence-electron chi connectivity index (χ3n) is 2.90. The Morgan fingerprint density at radius 3 is 2.42 bits per heavy atom. The molecule has 1 N–H and O–H groups in total. The van der Waals surface area contributed by atoms with Gasteiger partial charge in [0.2, 0.25) is 0 Å². The number of nitrogens with zero attached hydrogens (tertiary/aromatic N) is 1. The molecule has 0 amide bonds. The summed E-state index contributed by atoms with van der Waals surface area (Å²) >= 11 is 0. The van der Waals surface area contributed by atoms with Gasteiger partial charge in [-0.3, -0.25) is 4.99 Å². The molecular weight excluding hydrogens is 238 g/mol. The Kier molecular flexibility index (Phi) is 3.85. The lowest BCUT2D eigenvalue weighted by Gasteiger charge is -2.04. The van der Waals surface area contributed by atoms with Crippen LogP contribution in [0.2, 0.25) is 0 Å². The second-order valence-corrected chi connectivity index (χ2v) is 4.48. The van der Waals surface area contributed by atoms with Crippen LogP contribution < -0.4 is 4.74 Å². The molecule has 0 spiro atoms. The van der Waals surface area contributed by atoms with Gasteiger partial charge in [-0.15, -0.1) is 0 Å². The Labute approximate surface area is 113 Å². The van der Waals surface area contributed by atoms with Gasteiger partial charge >= 0.3 is 0 Å². The van der Waals surface area contributed by atoms with Crippen LogP contribution >= 0.6 is 0 Å². The van der Waals surface area contributed by atoms with Gasteiger partial charge in [-0.2, -0.15) is 0 Å². The van der Waals surface area contributed by atoms with Crippen molar-refractivity contribution < 1.29 is 9.84 Å². The van der Waals surface area contributed by atoms with Crippen LogP contribution in [-0.2, 0) is 0 Å². The molecule has 98 valence electrons. The number of aryl methyl sites for hydroxylation is 2. The van der Waals surface area contributed by atoms with Gasteiger partial charge in [0.05, 0.1) is 12.8 Å². The number of aromatic hydroxyl groups is 1. The standard InChI is InChI=1S/C16H17NO2/c1-11-8-12(2)16(18)13(9-11)10-17-14-4-6-15(19-3)7-5-14/h4-10,18H,1-3H3. The van der Waals surface area contributed by atoms with E-state index < -0.39 is 0 Å². The molecule has 0 aliphatic heterocycles. The average Bonchev–Trinajstić information content (AvgIpc) is 2.41. The van der Waals surface area contributed by atoms with E-state index in [4.69, 9.17) is 4.74 Å². The van der Waals surface area contributed by atoms with Crippen LogP contribution in [0.15, 0.2) is 41.4 Å². The minimum absolute atomic E-state index is 0.280. The summed E-state index contributed by atoms with van der Waals surface area (Å²) in [5, 5.41) is 9.97. The summed E-state index contributed by atoms with van der Waals surface area (Å²) in [5.41, 5.74) is 3.51. The number of phenols is 1. The van der Waals surface area contributed by atoms with Gasteiger partial charge in [-0.25, -0.2) is 0 Å². The van der Waals surface area contributed by atoms with E-state index in [0.717, 1.165) is 28.1 Å². The number of aliphatic imine (C=N–C) groups is 1. The molecule has 0 bridgehead atoms. The van der Waals surface area contributed by atoms with Crippen LogP contribution in [0.3, 0.4) is 0 Å². The fourth-order valence-corrected chi connectivity index (χ4v) is 1.90. The van der Waals surface area contributed by atoms with Crippen LogP contribution in [0.25, 0.3) is 0 Å². The summed E-state index contributed by atoms with van der Waals surface area (Å²) in [6.45, 7) is 3.88. The highest BCUT2D eigenvalue weighted by Crippen LogP contribution is 2.23. The Morgan fingerprint density at radius 2 is 1.79 bits per heavy atom. The number of methoxy groups -OCH3 is 1. The maximum atomic E-state index is 9.97. The number of ether oxygens (including phenoxy) is 1. The summed E-state index contributed by atoms with van der Waals surface area (Å²) in [5.74, 6) is 1.08. The van der Waals surface area contributed by atoms with E-state index in [-0.39, 0.29) is 5.75 Å². The van der Waals surface area contributed by atoms with Gasteiger partial charge < -0.3 is 9.84 Å². The fraction of sp³-hybridized carbons (Fsp3) is 0.188. The highest BCUT2D eigenvalue weighted by Gasteiger charge is 2.03. The number of rotatable bonds is 3. The molecule has 0 aliphatic rings. The number of phenolic OH excluding ortho intramolecular Hbond substituents is 1. The largest absolute Gasteiger partial charge is 0.507 e. The van der Waals surface area contributed by atoms with Gasteiger partial charge in [0.25, 0.3) is 0 Å². The monoisotopic (exact) mass is 255 g/mol. The van der Waals surface area contributed by atoms with Gasteiger partial charge in [-0.05, 0) is 55.3 Å². The van der Waals surface area contributed by atoms with Crippen molar-refractivity contribution >= 4 is 11.9 Å². The first-order valence-electron chi connectivity index (χ1n) is 6.08. The summed E-state index contributed by atoms with van der Waals surface area (Å²) in [7, 11) is 1.63. The third-order valence-corrected chi connectivity index (χ3v) is 2.90. The lowest BCUT2D eigenvalue weighted by Crippen LogP contribution is -1.88. The molecule has 2 rings (SSSR count). The summed E-state index contributed by atoms with van der Waals surface area (Å²) in [6, 6.07) is 11.3. The topological polar surface area (TPSA) is 41.8 Å². The van der Waals surface area contributed by atoms with Gasteiger partial charge in [0, 0.05) is 11.8 Å². The molecular formula is C16H17NO2. The van der Waals surface area contributed by atoms with Crippen molar-refractivity contribution in [3.8, 4) is 11.5 Å². The predicted molar refractivity (Wildman–Crippen MR) is 77.8 cm³/mol. The minimum Gasteiger partial charge on any atom is -0.507 e. The molecule has 0 saturated carbocycles. The Morgan fingerprint density at radius 1 is 1.11 bits per heavy atom. The van der Waals surface area contributed by atoms with E-state index in [2.05, 4.69) is 4.99 Å². The number of hydrogen-bond donors (Lipinski definition) is 1. The molecule has 2 aromatic rings. The van der Waals surface area contributed by atoms with Crippen LogP contribution in [-0.4, -0.2) is 18.4 Å². The van der Waals surface area contributed by atoms with Crippen molar-refractivity contribution in [1.29, 1.82) is 0 Å². The minimum atomic E-state index is 0.280. The molecule has 0 saturated heterocycles. The summed E-state index contributed by atoms with van der Waals surface area (Å²) in [6.07, 6.45) is 1.68. The molecule has 0 unspecified atom stereocenters. The Balaban J connectivity index is 2.27. The van der Waals surface area contributed by atoms with Crippen LogP contribution in [0.4, 0.5) is 5.69 Å². The van der Waals surface area contributed by atoms with E-state index in [1.165, 1.54) is 0 Å². The first-order chi connectivity index (χ1) is 9.10. The quantitative estimate of drug-likeness (QED) is 0.848. The van der Waals surface area contributed by atoms with Crippen molar-refractivity contribution in [2.75, 3.05) is 7.11 Å². The molecule has 0 aromatic heterocycles. The first kappa shape index (κ1) is 13.1. The maximum absolute atomic E-state index is 9.97. The zero-order chi connectivity index (χ0) is 13.8. The Bertz CT molecular complexity index is 601. The maximum Gasteiger partial charge on any atom is 0.127 e. The van der Waals surface area contributed by atoms with Gasteiger partial charge in [0.15, 0.2) is 0 Å². The molecule has 0 aliphatic carbocycles. The second-order valence-electron chi connectivity index (χ2n) is 4.48. The van der Waals surface area contributed by atoms with Crippen molar-refractivity contribution in [3.05, 3.63) is 53.1 Å². The number of benzene rings is 2. The van der Waals surface area contributed by atoms with Crippen molar-refractivity contribution in [1.82, 2.24) is 0 Å².